The summed E-state index contributed by atoms with van der Waals surface area (Å²) in [6.45, 7) is 7.06. The number of nitrogens with zero attached hydrogens (tertiary/aromatic N) is 2. The van der Waals surface area contributed by atoms with Gasteiger partial charge in [-0.1, -0.05) is 42.5 Å². The van der Waals surface area contributed by atoms with Crippen LogP contribution in [0.4, 0.5) is 5.69 Å². The van der Waals surface area contributed by atoms with Crippen LogP contribution in [0.3, 0.4) is 0 Å². The van der Waals surface area contributed by atoms with Crippen molar-refractivity contribution in [2.45, 2.75) is 56.1 Å². The molecule has 0 fully saturated rings. The smallest absolute Gasteiger partial charge is 0.264 e. The van der Waals surface area contributed by atoms with Gasteiger partial charge < -0.3 is 15.0 Å². The van der Waals surface area contributed by atoms with Gasteiger partial charge in [-0.3, -0.25) is 13.9 Å². The first-order valence-electron chi connectivity index (χ1n) is 13.1. The summed E-state index contributed by atoms with van der Waals surface area (Å²) >= 11 is 1.50. The van der Waals surface area contributed by atoms with Crippen molar-refractivity contribution in [3.05, 3.63) is 84.4 Å². The number of carbonyl (C=O) groups excluding carboxylic acids is 2. The molecule has 0 aromatic heterocycles. The van der Waals surface area contributed by atoms with Crippen molar-refractivity contribution in [3.8, 4) is 5.75 Å². The van der Waals surface area contributed by atoms with Gasteiger partial charge in [0, 0.05) is 17.5 Å². The molecule has 1 N–H and O–H groups in total. The molecule has 0 saturated carbocycles. The van der Waals surface area contributed by atoms with Crippen molar-refractivity contribution >= 4 is 39.3 Å². The lowest BCUT2D eigenvalue weighted by Gasteiger charge is -2.32. The number of para-hydroxylation sites is 2. The molecule has 214 valence electrons. The number of nitrogens with one attached hydrogen (secondary N) is 1. The van der Waals surface area contributed by atoms with Crippen molar-refractivity contribution in [2.24, 2.45) is 0 Å². The zero-order valence-electron chi connectivity index (χ0n) is 23.5. The topological polar surface area (TPSA) is 96.0 Å². The predicted octanol–water partition coefficient (Wildman–Crippen LogP) is 4.94. The second-order valence-electron chi connectivity index (χ2n) is 9.43. The van der Waals surface area contributed by atoms with Gasteiger partial charge in [-0.2, -0.15) is 0 Å². The molecule has 0 aliphatic heterocycles. The zero-order chi connectivity index (χ0) is 29.3. The first kappa shape index (κ1) is 31.0. The van der Waals surface area contributed by atoms with Gasteiger partial charge in [0.1, 0.15) is 18.3 Å². The highest BCUT2D eigenvalue weighted by Gasteiger charge is 2.34. The minimum Gasteiger partial charge on any atom is -0.492 e. The van der Waals surface area contributed by atoms with Gasteiger partial charge in [0.2, 0.25) is 11.8 Å². The number of hydrogen-bond donors (Lipinski definition) is 1. The molecule has 0 bridgehead atoms. The highest BCUT2D eigenvalue weighted by molar-refractivity contribution is 7.98. The maximum absolute atomic E-state index is 14.1. The number of sulfonamides is 1. The Morgan fingerprint density at radius 1 is 0.925 bits per heavy atom. The summed E-state index contributed by atoms with van der Waals surface area (Å²) in [6.07, 6.45) is 1.91. The summed E-state index contributed by atoms with van der Waals surface area (Å²) in [4.78, 5) is 29.4. The number of thioether (sulfide) groups is 1. The van der Waals surface area contributed by atoms with Crippen LogP contribution in [0, 0.1) is 0 Å². The lowest BCUT2D eigenvalue weighted by Crippen LogP contribution is -2.52. The van der Waals surface area contributed by atoms with Crippen LogP contribution in [0.5, 0.6) is 5.75 Å². The Balaban J connectivity index is 2.07. The van der Waals surface area contributed by atoms with Crippen molar-refractivity contribution < 1.29 is 22.7 Å². The highest BCUT2D eigenvalue weighted by atomic mass is 32.2. The van der Waals surface area contributed by atoms with Crippen LogP contribution in [0.25, 0.3) is 0 Å². The fraction of sp³-hybridized carbons (Fsp3) is 0.333. The van der Waals surface area contributed by atoms with Gasteiger partial charge in [0.05, 0.1) is 17.2 Å². The Labute approximate surface area is 241 Å². The van der Waals surface area contributed by atoms with Crippen LogP contribution in [-0.2, 0) is 26.2 Å². The summed E-state index contributed by atoms with van der Waals surface area (Å²) < 4.78 is 35.0. The molecular weight excluding hydrogens is 546 g/mol. The maximum atomic E-state index is 14.1. The van der Waals surface area contributed by atoms with Crippen LogP contribution in [-0.4, -0.2) is 56.6 Å². The second kappa shape index (κ2) is 14.2. The van der Waals surface area contributed by atoms with Gasteiger partial charge in [-0.05, 0) is 75.9 Å². The largest absolute Gasteiger partial charge is 0.492 e. The second-order valence-corrected chi connectivity index (χ2v) is 12.2. The first-order valence-corrected chi connectivity index (χ1v) is 15.8. The van der Waals surface area contributed by atoms with Gasteiger partial charge in [-0.25, -0.2) is 8.42 Å². The van der Waals surface area contributed by atoms with Crippen LogP contribution in [0.15, 0.2) is 88.7 Å². The number of ether oxygens (including phenoxy) is 1. The summed E-state index contributed by atoms with van der Waals surface area (Å²) in [7, 11) is -4.19. The average Bonchev–Trinajstić information content (AvgIpc) is 2.95. The van der Waals surface area contributed by atoms with Crippen LogP contribution in [0.2, 0.25) is 0 Å². The predicted molar refractivity (Wildman–Crippen MR) is 160 cm³/mol. The number of amides is 2. The van der Waals surface area contributed by atoms with E-state index < -0.39 is 28.5 Å². The fourth-order valence-corrected chi connectivity index (χ4v) is 5.93. The lowest BCUT2D eigenvalue weighted by molar-refractivity contribution is -0.139. The van der Waals surface area contributed by atoms with Crippen LogP contribution < -0.4 is 14.4 Å². The van der Waals surface area contributed by atoms with Gasteiger partial charge >= 0.3 is 0 Å². The molecule has 0 aliphatic carbocycles. The Bertz CT molecular complexity index is 1380. The Morgan fingerprint density at radius 2 is 1.55 bits per heavy atom. The molecule has 3 aromatic carbocycles. The minimum absolute atomic E-state index is 0.0459. The minimum atomic E-state index is -4.19. The molecule has 0 spiro atoms. The van der Waals surface area contributed by atoms with E-state index in [1.54, 1.807) is 50.2 Å². The quantitative estimate of drug-likeness (QED) is 0.286. The fourth-order valence-electron chi connectivity index (χ4n) is 4.10. The molecule has 0 heterocycles. The van der Waals surface area contributed by atoms with E-state index in [1.807, 2.05) is 50.4 Å². The van der Waals surface area contributed by atoms with E-state index >= 15 is 0 Å². The first-order chi connectivity index (χ1) is 19.1. The van der Waals surface area contributed by atoms with E-state index in [9.17, 15) is 18.0 Å². The normalized spacial score (nSPS) is 12.1. The number of benzene rings is 3. The SMILES string of the molecule is CCOc1ccccc1N(CC(=O)N(Cc1ccccc1)[C@H](C)C(=O)NC(C)C)S(=O)(=O)c1ccc(SC)cc1. The molecule has 40 heavy (non-hydrogen) atoms. The third-order valence-corrected chi connectivity index (χ3v) is 8.67. The standard InChI is InChI=1S/C30H37N3O5S2/c1-6-38-28-15-11-10-14-27(28)33(40(36,37)26-18-16-25(39-5)17-19-26)21-29(34)32(20-24-12-8-7-9-13-24)23(4)30(35)31-22(2)3/h7-19,22-23H,6,20-21H2,1-5H3,(H,31,35)/t23-/m1/s1. The summed E-state index contributed by atoms with van der Waals surface area (Å²) in [5.74, 6) is -0.510. The molecule has 2 amide bonds. The van der Waals surface area contributed by atoms with Crippen molar-refractivity contribution in [1.29, 1.82) is 0 Å². The Morgan fingerprint density at radius 3 is 2.15 bits per heavy atom. The Hall–Kier alpha value is -3.50. The Kier molecular flexibility index (Phi) is 11.0. The average molecular weight is 584 g/mol. The van der Waals surface area contributed by atoms with E-state index in [2.05, 4.69) is 5.32 Å². The molecule has 3 aromatic rings. The van der Waals surface area contributed by atoms with E-state index in [1.165, 1.54) is 28.8 Å². The maximum Gasteiger partial charge on any atom is 0.264 e. The third-order valence-electron chi connectivity index (χ3n) is 6.15. The van der Waals surface area contributed by atoms with Crippen LogP contribution in [0.1, 0.15) is 33.3 Å². The van der Waals surface area contributed by atoms with Gasteiger partial charge in [0.25, 0.3) is 10.0 Å². The molecule has 10 heteroatoms. The zero-order valence-corrected chi connectivity index (χ0v) is 25.2. The molecule has 8 nitrogen and oxygen atoms in total. The van der Waals surface area contributed by atoms with E-state index in [0.717, 1.165) is 14.8 Å². The lowest BCUT2D eigenvalue weighted by atomic mass is 10.1. The molecule has 0 unspecified atom stereocenters. The molecule has 3 rings (SSSR count). The van der Waals surface area contributed by atoms with Gasteiger partial charge in [0.15, 0.2) is 0 Å². The van der Waals surface area contributed by atoms with E-state index in [-0.39, 0.29) is 29.1 Å². The van der Waals surface area contributed by atoms with Crippen molar-refractivity contribution in [1.82, 2.24) is 10.2 Å². The molecular formula is C30H37N3O5S2. The van der Waals surface area contributed by atoms with Crippen LogP contribution >= 0.6 is 11.8 Å². The summed E-state index contributed by atoms with van der Waals surface area (Å²) in [6, 6.07) is 21.6. The molecule has 1 atom stereocenters. The number of anilines is 1. The van der Waals surface area contributed by atoms with Crippen molar-refractivity contribution in [3.63, 3.8) is 0 Å². The van der Waals surface area contributed by atoms with Crippen molar-refractivity contribution in [2.75, 3.05) is 23.7 Å². The van der Waals surface area contributed by atoms with E-state index in [4.69, 9.17) is 4.74 Å². The monoisotopic (exact) mass is 583 g/mol. The number of rotatable bonds is 13. The molecule has 0 saturated heterocycles. The number of carbonyl (C=O) groups is 2. The third kappa shape index (κ3) is 7.79. The summed E-state index contributed by atoms with van der Waals surface area (Å²) in [5, 5.41) is 2.85. The molecule has 0 radical (unpaired) electrons. The number of hydrogen-bond acceptors (Lipinski definition) is 6. The molecule has 0 aliphatic rings. The van der Waals surface area contributed by atoms with E-state index in [0.29, 0.717) is 12.4 Å². The highest BCUT2D eigenvalue weighted by Crippen LogP contribution is 2.33. The summed E-state index contributed by atoms with van der Waals surface area (Å²) in [5.41, 5.74) is 1.06. The van der Waals surface area contributed by atoms with Gasteiger partial charge in [-0.15, -0.1) is 11.8 Å².